The number of rotatable bonds is 6. The van der Waals surface area contributed by atoms with Crippen LogP contribution in [0.15, 0.2) is 42.7 Å². The number of hydrogen-bond donors (Lipinski definition) is 2. The van der Waals surface area contributed by atoms with Crippen LogP contribution >= 0.6 is 0 Å². The second kappa shape index (κ2) is 7.87. The Bertz CT molecular complexity index is 617. The number of ether oxygens (including phenoxy) is 2. The van der Waals surface area contributed by atoms with Crippen molar-refractivity contribution in [3.05, 3.63) is 48.3 Å². The lowest BCUT2D eigenvalue weighted by Crippen LogP contribution is -2.30. The Kier molecular flexibility index (Phi) is 5.59. The van der Waals surface area contributed by atoms with Crippen molar-refractivity contribution in [1.29, 1.82) is 0 Å². The number of amides is 2. The van der Waals surface area contributed by atoms with Crippen molar-refractivity contribution >= 4 is 11.7 Å². The lowest BCUT2D eigenvalue weighted by Gasteiger charge is -2.12. The molecule has 116 valence electrons. The molecule has 6 heteroatoms. The number of methoxy groups -OCH3 is 2. The molecule has 0 aliphatic carbocycles. The van der Waals surface area contributed by atoms with E-state index in [0.717, 1.165) is 12.0 Å². The number of carbonyl (C=O) groups excluding carboxylic acids is 1. The van der Waals surface area contributed by atoms with Gasteiger partial charge in [0.05, 0.1) is 19.9 Å². The van der Waals surface area contributed by atoms with E-state index in [4.69, 9.17) is 9.47 Å². The molecule has 0 fully saturated rings. The maximum atomic E-state index is 11.9. The molecule has 1 heterocycles. The van der Waals surface area contributed by atoms with E-state index in [2.05, 4.69) is 15.6 Å². The highest BCUT2D eigenvalue weighted by Gasteiger charge is 2.08. The quantitative estimate of drug-likeness (QED) is 0.859. The van der Waals surface area contributed by atoms with Gasteiger partial charge in [0.15, 0.2) is 0 Å². The summed E-state index contributed by atoms with van der Waals surface area (Å²) in [6.07, 6.45) is 4.22. The van der Waals surface area contributed by atoms with Crippen LogP contribution in [0.4, 0.5) is 10.5 Å². The molecule has 0 atom stereocenters. The summed E-state index contributed by atoms with van der Waals surface area (Å²) < 4.78 is 10.4. The van der Waals surface area contributed by atoms with Gasteiger partial charge in [0.1, 0.15) is 11.5 Å². The molecular weight excluding hydrogens is 282 g/mol. The zero-order valence-corrected chi connectivity index (χ0v) is 12.6. The highest BCUT2D eigenvalue weighted by molar-refractivity contribution is 5.91. The third-order valence-electron chi connectivity index (χ3n) is 3.08. The second-order valence-corrected chi connectivity index (χ2v) is 4.56. The first-order chi connectivity index (χ1) is 10.7. The minimum atomic E-state index is -0.296. The number of pyridine rings is 1. The van der Waals surface area contributed by atoms with E-state index in [0.29, 0.717) is 23.7 Å². The largest absolute Gasteiger partial charge is 0.497 e. The molecule has 0 radical (unpaired) electrons. The van der Waals surface area contributed by atoms with Crippen LogP contribution in [-0.2, 0) is 6.42 Å². The van der Waals surface area contributed by atoms with Gasteiger partial charge in [-0.05, 0) is 30.2 Å². The first-order valence-electron chi connectivity index (χ1n) is 6.88. The summed E-state index contributed by atoms with van der Waals surface area (Å²) in [7, 11) is 3.12. The van der Waals surface area contributed by atoms with Gasteiger partial charge in [0, 0.05) is 25.0 Å². The van der Waals surface area contributed by atoms with Gasteiger partial charge in [0.25, 0.3) is 0 Å². The second-order valence-electron chi connectivity index (χ2n) is 4.56. The maximum absolute atomic E-state index is 11.9. The molecule has 2 amide bonds. The van der Waals surface area contributed by atoms with Crippen molar-refractivity contribution in [2.75, 3.05) is 26.1 Å². The molecule has 22 heavy (non-hydrogen) atoms. The molecule has 1 aromatic carbocycles. The number of benzene rings is 1. The lowest BCUT2D eigenvalue weighted by molar-refractivity contribution is 0.252. The first-order valence-corrected chi connectivity index (χ1v) is 6.88. The fourth-order valence-corrected chi connectivity index (χ4v) is 1.94. The van der Waals surface area contributed by atoms with Gasteiger partial charge in [-0.25, -0.2) is 4.79 Å². The molecule has 0 spiro atoms. The van der Waals surface area contributed by atoms with Crippen LogP contribution in [0.3, 0.4) is 0 Å². The van der Waals surface area contributed by atoms with Gasteiger partial charge in [0.2, 0.25) is 0 Å². The van der Waals surface area contributed by atoms with Crippen molar-refractivity contribution in [2.45, 2.75) is 6.42 Å². The fourth-order valence-electron chi connectivity index (χ4n) is 1.94. The average molecular weight is 301 g/mol. The molecular formula is C16H19N3O3. The van der Waals surface area contributed by atoms with E-state index in [1.165, 1.54) is 0 Å². The Balaban J connectivity index is 1.89. The van der Waals surface area contributed by atoms with Gasteiger partial charge in [-0.2, -0.15) is 0 Å². The van der Waals surface area contributed by atoms with Gasteiger partial charge in [-0.3, -0.25) is 4.98 Å². The minimum Gasteiger partial charge on any atom is -0.497 e. The summed E-state index contributed by atoms with van der Waals surface area (Å²) in [4.78, 5) is 16.0. The number of nitrogens with one attached hydrogen (secondary N) is 2. The molecule has 0 saturated heterocycles. The van der Waals surface area contributed by atoms with Crippen LogP contribution in [0.5, 0.6) is 11.5 Å². The zero-order chi connectivity index (χ0) is 15.8. The Labute approximate surface area is 129 Å². The molecule has 2 rings (SSSR count). The standard InChI is InChI=1S/C16H19N3O3/c1-21-13-5-6-15(22-2)14(10-13)19-16(20)18-9-7-12-4-3-8-17-11-12/h3-6,8,10-11H,7,9H2,1-2H3,(H2,18,19,20). The van der Waals surface area contributed by atoms with Crippen molar-refractivity contribution in [3.8, 4) is 11.5 Å². The van der Waals surface area contributed by atoms with Crippen LogP contribution in [0.2, 0.25) is 0 Å². The molecule has 0 unspecified atom stereocenters. The van der Waals surface area contributed by atoms with Crippen molar-refractivity contribution < 1.29 is 14.3 Å². The molecule has 0 bridgehead atoms. The van der Waals surface area contributed by atoms with E-state index in [-0.39, 0.29) is 6.03 Å². The summed E-state index contributed by atoms with van der Waals surface area (Å²) in [5, 5.41) is 5.55. The molecule has 6 nitrogen and oxygen atoms in total. The zero-order valence-electron chi connectivity index (χ0n) is 12.6. The number of anilines is 1. The van der Waals surface area contributed by atoms with E-state index < -0.39 is 0 Å². The molecule has 0 aliphatic rings. The fraction of sp³-hybridized carbons (Fsp3) is 0.250. The van der Waals surface area contributed by atoms with Gasteiger partial charge < -0.3 is 20.1 Å². The number of nitrogens with zero attached hydrogens (tertiary/aromatic N) is 1. The van der Waals surface area contributed by atoms with E-state index in [1.807, 2.05) is 12.1 Å². The molecule has 1 aromatic heterocycles. The average Bonchev–Trinajstić information content (AvgIpc) is 2.55. The lowest BCUT2D eigenvalue weighted by atomic mass is 10.2. The topological polar surface area (TPSA) is 72.5 Å². The van der Waals surface area contributed by atoms with Gasteiger partial charge in [-0.15, -0.1) is 0 Å². The van der Waals surface area contributed by atoms with Crippen LogP contribution in [0.1, 0.15) is 5.56 Å². The van der Waals surface area contributed by atoms with E-state index >= 15 is 0 Å². The number of carbonyl (C=O) groups is 1. The summed E-state index contributed by atoms with van der Waals surface area (Å²) in [5.41, 5.74) is 1.63. The summed E-state index contributed by atoms with van der Waals surface area (Å²) >= 11 is 0. The van der Waals surface area contributed by atoms with Crippen LogP contribution in [-0.4, -0.2) is 31.8 Å². The number of urea groups is 1. The van der Waals surface area contributed by atoms with E-state index in [9.17, 15) is 4.79 Å². The summed E-state index contributed by atoms with van der Waals surface area (Å²) in [6, 6.07) is 8.76. The normalized spacial score (nSPS) is 9.91. The number of aromatic nitrogens is 1. The SMILES string of the molecule is COc1ccc(OC)c(NC(=O)NCCc2cccnc2)c1. The summed E-state index contributed by atoms with van der Waals surface area (Å²) in [5.74, 6) is 1.22. The van der Waals surface area contributed by atoms with Crippen molar-refractivity contribution in [3.63, 3.8) is 0 Å². The number of hydrogen-bond acceptors (Lipinski definition) is 4. The highest BCUT2D eigenvalue weighted by Crippen LogP contribution is 2.28. The van der Waals surface area contributed by atoms with Crippen LogP contribution in [0.25, 0.3) is 0 Å². The predicted octanol–water partition coefficient (Wildman–Crippen LogP) is 2.46. The van der Waals surface area contributed by atoms with E-state index in [1.54, 1.807) is 44.8 Å². The summed E-state index contributed by atoms with van der Waals surface area (Å²) in [6.45, 7) is 0.518. The van der Waals surface area contributed by atoms with Gasteiger partial charge in [-0.1, -0.05) is 6.07 Å². The molecule has 0 saturated carbocycles. The Morgan fingerprint density at radius 1 is 1.23 bits per heavy atom. The van der Waals surface area contributed by atoms with Gasteiger partial charge >= 0.3 is 6.03 Å². The first kappa shape index (κ1) is 15.6. The van der Waals surface area contributed by atoms with Crippen LogP contribution < -0.4 is 20.1 Å². The molecule has 2 N–H and O–H groups in total. The highest BCUT2D eigenvalue weighted by atomic mass is 16.5. The molecule has 0 aliphatic heterocycles. The predicted molar refractivity (Wildman–Crippen MR) is 84.5 cm³/mol. The van der Waals surface area contributed by atoms with Crippen LogP contribution in [0, 0.1) is 0 Å². The third-order valence-corrected chi connectivity index (χ3v) is 3.08. The Hall–Kier alpha value is -2.76. The minimum absolute atomic E-state index is 0.296. The van der Waals surface area contributed by atoms with Crippen molar-refractivity contribution in [2.24, 2.45) is 0 Å². The Morgan fingerprint density at radius 2 is 2.09 bits per heavy atom. The van der Waals surface area contributed by atoms with Crippen molar-refractivity contribution in [1.82, 2.24) is 10.3 Å². The smallest absolute Gasteiger partial charge is 0.319 e. The monoisotopic (exact) mass is 301 g/mol. The third kappa shape index (κ3) is 4.37. The Morgan fingerprint density at radius 3 is 2.77 bits per heavy atom. The maximum Gasteiger partial charge on any atom is 0.319 e. The molecule has 2 aromatic rings.